The third-order valence-corrected chi connectivity index (χ3v) is 4.03. The molecular formula is C12H14O5S. The van der Waals surface area contributed by atoms with E-state index in [4.69, 9.17) is 8.92 Å². The van der Waals surface area contributed by atoms with Crippen LogP contribution in [-0.4, -0.2) is 33.5 Å². The summed E-state index contributed by atoms with van der Waals surface area (Å²) in [5, 5.41) is 0. The first-order chi connectivity index (χ1) is 8.62. The van der Waals surface area contributed by atoms with Crippen molar-refractivity contribution in [2.24, 2.45) is 0 Å². The van der Waals surface area contributed by atoms with Crippen LogP contribution in [0.3, 0.4) is 0 Å². The molecule has 0 unspecified atom stereocenters. The predicted octanol–water partition coefficient (Wildman–Crippen LogP) is 1.14. The fourth-order valence-corrected chi connectivity index (χ4v) is 2.73. The molecule has 0 radical (unpaired) electrons. The maximum atomic E-state index is 11.8. The molecule has 1 aromatic rings. The van der Waals surface area contributed by atoms with Crippen molar-refractivity contribution in [3.63, 3.8) is 0 Å². The zero-order chi connectivity index (χ0) is 13.0. The number of rotatable bonds is 5. The van der Waals surface area contributed by atoms with Gasteiger partial charge in [-0.2, -0.15) is 8.42 Å². The molecule has 1 saturated heterocycles. The van der Waals surface area contributed by atoms with Crippen molar-refractivity contribution in [3.05, 3.63) is 30.3 Å². The van der Waals surface area contributed by atoms with Gasteiger partial charge >= 0.3 is 0 Å². The highest BCUT2D eigenvalue weighted by molar-refractivity contribution is 7.86. The SMILES string of the molecule is O=C[C@H]1CC[C@@H](COS(=O)(=O)c2ccccc2)O1. The van der Waals surface area contributed by atoms with Gasteiger partial charge < -0.3 is 9.53 Å². The molecule has 0 aromatic heterocycles. The lowest BCUT2D eigenvalue weighted by atomic mass is 10.2. The summed E-state index contributed by atoms with van der Waals surface area (Å²) < 4.78 is 33.8. The van der Waals surface area contributed by atoms with Gasteiger partial charge in [0.05, 0.1) is 17.6 Å². The maximum absolute atomic E-state index is 11.8. The topological polar surface area (TPSA) is 69.7 Å². The highest BCUT2D eigenvalue weighted by atomic mass is 32.2. The minimum Gasteiger partial charge on any atom is -0.365 e. The first-order valence-corrected chi connectivity index (χ1v) is 7.08. The summed E-state index contributed by atoms with van der Waals surface area (Å²) in [6.45, 7) is -0.0540. The molecule has 0 bridgehead atoms. The molecule has 1 aromatic carbocycles. The van der Waals surface area contributed by atoms with Crippen LogP contribution in [0, 0.1) is 0 Å². The van der Waals surface area contributed by atoms with E-state index in [0.29, 0.717) is 12.8 Å². The number of benzene rings is 1. The smallest absolute Gasteiger partial charge is 0.297 e. The Balaban J connectivity index is 1.92. The first-order valence-electron chi connectivity index (χ1n) is 5.67. The normalized spacial score (nSPS) is 24.0. The quantitative estimate of drug-likeness (QED) is 0.592. The van der Waals surface area contributed by atoms with Crippen LogP contribution in [-0.2, 0) is 23.8 Å². The fourth-order valence-electron chi connectivity index (χ4n) is 1.78. The molecule has 0 spiro atoms. The van der Waals surface area contributed by atoms with Gasteiger partial charge in [0.2, 0.25) is 0 Å². The molecule has 0 saturated carbocycles. The Morgan fingerprint density at radius 3 is 2.61 bits per heavy atom. The standard InChI is InChI=1S/C12H14O5S/c13-8-10-6-7-11(17-10)9-16-18(14,15)12-4-2-1-3-5-12/h1-5,8,10-11H,6-7,9H2/t10-,11+/m1/s1. The zero-order valence-corrected chi connectivity index (χ0v) is 10.5. The minimum atomic E-state index is -3.74. The summed E-state index contributed by atoms with van der Waals surface area (Å²) in [6, 6.07) is 7.93. The van der Waals surface area contributed by atoms with Crippen LogP contribution in [0.2, 0.25) is 0 Å². The Bertz CT molecular complexity index is 496. The van der Waals surface area contributed by atoms with Gasteiger partial charge in [0.1, 0.15) is 12.4 Å². The molecule has 6 heteroatoms. The van der Waals surface area contributed by atoms with Crippen molar-refractivity contribution >= 4 is 16.4 Å². The summed E-state index contributed by atoms with van der Waals surface area (Å²) in [4.78, 5) is 10.6. The second-order valence-corrected chi connectivity index (χ2v) is 5.68. The summed E-state index contributed by atoms with van der Waals surface area (Å²) in [7, 11) is -3.74. The molecule has 1 fully saturated rings. The van der Waals surface area contributed by atoms with Crippen LogP contribution in [0.1, 0.15) is 12.8 Å². The highest BCUT2D eigenvalue weighted by Gasteiger charge is 2.27. The van der Waals surface area contributed by atoms with Crippen LogP contribution in [0.15, 0.2) is 35.2 Å². The number of aldehydes is 1. The van der Waals surface area contributed by atoms with E-state index in [0.717, 1.165) is 6.29 Å². The van der Waals surface area contributed by atoms with Crippen molar-refractivity contribution in [1.82, 2.24) is 0 Å². The van der Waals surface area contributed by atoms with Crippen molar-refractivity contribution in [2.75, 3.05) is 6.61 Å². The van der Waals surface area contributed by atoms with Crippen molar-refractivity contribution in [2.45, 2.75) is 29.9 Å². The second kappa shape index (κ2) is 5.60. The first kappa shape index (κ1) is 13.2. The molecular weight excluding hydrogens is 256 g/mol. The fraction of sp³-hybridized carbons (Fsp3) is 0.417. The summed E-state index contributed by atoms with van der Waals surface area (Å²) in [5.74, 6) is 0. The second-order valence-electron chi connectivity index (χ2n) is 4.06. The number of hydrogen-bond acceptors (Lipinski definition) is 5. The molecule has 1 aliphatic rings. The Labute approximate surface area is 106 Å². The van der Waals surface area contributed by atoms with Crippen LogP contribution < -0.4 is 0 Å². The molecule has 18 heavy (non-hydrogen) atoms. The van der Waals surface area contributed by atoms with E-state index >= 15 is 0 Å². The van der Waals surface area contributed by atoms with E-state index in [2.05, 4.69) is 0 Å². The van der Waals surface area contributed by atoms with Crippen molar-refractivity contribution < 1.29 is 22.1 Å². The van der Waals surface area contributed by atoms with Crippen LogP contribution in [0.25, 0.3) is 0 Å². The molecule has 0 aliphatic carbocycles. The van der Waals surface area contributed by atoms with Crippen molar-refractivity contribution in [1.29, 1.82) is 0 Å². The average Bonchev–Trinajstić information content (AvgIpc) is 2.86. The molecule has 1 heterocycles. The number of carbonyl (C=O) groups is 1. The molecule has 0 N–H and O–H groups in total. The van der Waals surface area contributed by atoms with Gasteiger partial charge in [-0.25, -0.2) is 0 Å². The van der Waals surface area contributed by atoms with Crippen LogP contribution in [0.5, 0.6) is 0 Å². The van der Waals surface area contributed by atoms with Gasteiger partial charge in [0.25, 0.3) is 10.1 Å². The molecule has 2 rings (SSSR count). The zero-order valence-electron chi connectivity index (χ0n) is 9.69. The van der Waals surface area contributed by atoms with Gasteiger partial charge in [-0.05, 0) is 25.0 Å². The minimum absolute atomic E-state index is 0.0540. The van der Waals surface area contributed by atoms with Gasteiger partial charge in [-0.1, -0.05) is 18.2 Å². The largest absolute Gasteiger partial charge is 0.365 e. The van der Waals surface area contributed by atoms with E-state index < -0.39 is 16.2 Å². The lowest BCUT2D eigenvalue weighted by Crippen LogP contribution is -2.20. The van der Waals surface area contributed by atoms with E-state index in [-0.39, 0.29) is 17.6 Å². The average molecular weight is 270 g/mol. The van der Waals surface area contributed by atoms with E-state index in [9.17, 15) is 13.2 Å². The van der Waals surface area contributed by atoms with Gasteiger partial charge in [-0.15, -0.1) is 0 Å². The van der Waals surface area contributed by atoms with E-state index in [1.54, 1.807) is 18.2 Å². The highest BCUT2D eigenvalue weighted by Crippen LogP contribution is 2.20. The number of hydrogen-bond donors (Lipinski definition) is 0. The Kier molecular flexibility index (Phi) is 4.11. The maximum Gasteiger partial charge on any atom is 0.297 e. The van der Waals surface area contributed by atoms with Crippen LogP contribution in [0.4, 0.5) is 0 Å². The van der Waals surface area contributed by atoms with Gasteiger partial charge in [0, 0.05) is 0 Å². The summed E-state index contributed by atoms with van der Waals surface area (Å²) >= 11 is 0. The lowest BCUT2D eigenvalue weighted by molar-refractivity contribution is -0.117. The van der Waals surface area contributed by atoms with E-state index in [1.807, 2.05) is 0 Å². The predicted molar refractivity (Wildman–Crippen MR) is 63.5 cm³/mol. The van der Waals surface area contributed by atoms with Gasteiger partial charge in [0.15, 0.2) is 0 Å². The number of ether oxygens (including phenoxy) is 1. The molecule has 0 amide bonds. The molecule has 98 valence electrons. The third-order valence-electron chi connectivity index (χ3n) is 2.73. The van der Waals surface area contributed by atoms with E-state index in [1.165, 1.54) is 12.1 Å². The van der Waals surface area contributed by atoms with Crippen molar-refractivity contribution in [3.8, 4) is 0 Å². The third kappa shape index (κ3) is 3.16. The molecule has 2 atom stereocenters. The Morgan fingerprint density at radius 1 is 1.28 bits per heavy atom. The van der Waals surface area contributed by atoms with Gasteiger partial charge in [-0.3, -0.25) is 4.18 Å². The molecule has 5 nitrogen and oxygen atoms in total. The van der Waals surface area contributed by atoms with Crippen LogP contribution >= 0.6 is 0 Å². The summed E-state index contributed by atoms with van der Waals surface area (Å²) in [5.41, 5.74) is 0. The Hall–Kier alpha value is -1.24. The summed E-state index contributed by atoms with van der Waals surface area (Å²) in [6.07, 6.45) is 1.21. The number of carbonyl (C=O) groups excluding carboxylic acids is 1. The lowest BCUT2D eigenvalue weighted by Gasteiger charge is -2.11. The monoisotopic (exact) mass is 270 g/mol. The molecule has 1 aliphatic heterocycles. The Morgan fingerprint density at radius 2 is 2.00 bits per heavy atom.